The van der Waals surface area contributed by atoms with Crippen molar-refractivity contribution in [2.75, 3.05) is 10.6 Å². The molecule has 0 aliphatic heterocycles. The van der Waals surface area contributed by atoms with Gasteiger partial charge in [0, 0.05) is 24.9 Å². The van der Waals surface area contributed by atoms with E-state index >= 15 is 0 Å². The lowest BCUT2D eigenvalue weighted by Crippen LogP contribution is -2.37. The van der Waals surface area contributed by atoms with Gasteiger partial charge in [0.25, 0.3) is 0 Å². The summed E-state index contributed by atoms with van der Waals surface area (Å²) < 4.78 is 27.2. The maximum Gasteiger partial charge on any atom is 0.241 e. The Hall–Kier alpha value is -2.87. The fraction of sp³-hybridized carbons (Fsp3) is 0.300. The molecule has 0 unspecified atom stereocenters. The summed E-state index contributed by atoms with van der Waals surface area (Å²) >= 11 is 0. The van der Waals surface area contributed by atoms with Gasteiger partial charge >= 0.3 is 0 Å². The zero-order chi connectivity index (χ0) is 20.5. The van der Waals surface area contributed by atoms with Crippen molar-refractivity contribution in [3.05, 3.63) is 59.5 Å². The lowest BCUT2D eigenvalue weighted by Gasteiger charge is -2.20. The Morgan fingerprint density at radius 3 is 2.39 bits per heavy atom. The Kier molecular flexibility index (Phi) is 5.42. The van der Waals surface area contributed by atoms with Crippen LogP contribution < -0.4 is 4.31 Å². The quantitative estimate of drug-likeness (QED) is 0.689. The Morgan fingerprint density at radius 2 is 1.82 bits per heavy atom. The number of aromatic amines is 1. The van der Waals surface area contributed by atoms with Crippen molar-refractivity contribution < 1.29 is 13.2 Å². The third-order valence-electron chi connectivity index (χ3n) is 4.67. The van der Waals surface area contributed by atoms with Crippen molar-refractivity contribution in [3.63, 3.8) is 0 Å². The van der Waals surface area contributed by atoms with Crippen LogP contribution in [0.3, 0.4) is 0 Å². The number of sulfonamides is 1. The highest BCUT2D eigenvalue weighted by atomic mass is 32.2. The second-order valence-electron chi connectivity index (χ2n) is 6.83. The van der Waals surface area contributed by atoms with Crippen LogP contribution in [0.25, 0.3) is 11.3 Å². The summed E-state index contributed by atoms with van der Waals surface area (Å²) in [5, 5.41) is 4.23. The van der Waals surface area contributed by atoms with Gasteiger partial charge in [-0.2, -0.15) is 5.10 Å². The summed E-state index contributed by atoms with van der Waals surface area (Å²) in [5.74, 6) is -0.474. The minimum Gasteiger partial charge on any atom is -0.358 e. The molecule has 0 atom stereocenters. The standard InChI is InChI=1S/C20H24N4O3S/c1-14-20(15(2)23(3)22-14)24(28(4,26)27)19(25)13-11-17-10-12-18(21-17)16-8-6-5-7-9-16/h5-10,12,21H,11,13H2,1-4H3. The third-order valence-corrected chi connectivity index (χ3v) is 5.72. The van der Waals surface area contributed by atoms with Crippen molar-refractivity contribution >= 4 is 21.6 Å². The van der Waals surface area contributed by atoms with E-state index in [9.17, 15) is 13.2 Å². The van der Waals surface area contributed by atoms with Crippen molar-refractivity contribution in [1.29, 1.82) is 0 Å². The molecular weight excluding hydrogens is 376 g/mol. The number of aromatic nitrogens is 3. The highest BCUT2D eigenvalue weighted by Crippen LogP contribution is 2.27. The fourth-order valence-corrected chi connectivity index (χ4v) is 4.30. The SMILES string of the molecule is Cc1nn(C)c(C)c1N(C(=O)CCc1ccc(-c2ccccc2)[nH]1)S(C)(=O)=O. The van der Waals surface area contributed by atoms with Crippen LogP contribution in [0.2, 0.25) is 0 Å². The highest BCUT2D eigenvalue weighted by molar-refractivity contribution is 7.92. The van der Waals surface area contributed by atoms with Crippen LogP contribution in [0, 0.1) is 13.8 Å². The van der Waals surface area contributed by atoms with E-state index < -0.39 is 15.9 Å². The van der Waals surface area contributed by atoms with E-state index in [2.05, 4.69) is 10.1 Å². The van der Waals surface area contributed by atoms with Crippen LogP contribution in [0.15, 0.2) is 42.5 Å². The molecule has 3 rings (SSSR count). The molecule has 28 heavy (non-hydrogen) atoms. The first-order valence-electron chi connectivity index (χ1n) is 8.95. The molecule has 1 N–H and O–H groups in total. The maximum absolute atomic E-state index is 12.8. The number of carbonyl (C=O) groups is 1. The lowest BCUT2D eigenvalue weighted by atomic mass is 10.2. The van der Waals surface area contributed by atoms with E-state index in [1.807, 2.05) is 42.5 Å². The largest absolute Gasteiger partial charge is 0.358 e. The summed E-state index contributed by atoms with van der Waals surface area (Å²) in [6, 6.07) is 13.7. The topological polar surface area (TPSA) is 88.1 Å². The molecule has 0 saturated heterocycles. The number of amides is 1. The van der Waals surface area contributed by atoms with E-state index in [0.717, 1.165) is 27.5 Å². The normalized spacial score (nSPS) is 11.6. The van der Waals surface area contributed by atoms with Gasteiger partial charge in [-0.25, -0.2) is 12.7 Å². The summed E-state index contributed by atoms with van der Waals surface area (Å²) in [5.41, 5.74) is 4.36. The van der Waals surface area contributed by atoms with Crippen LogP contribution in [-0.2, 0) is 28.3 Å². The molecule has 8 heteroatoms. The molecule has 0 saturated carbocycles. The molecule has 2 heterocycles. The molecule has 1 amide bonds. The predicted octanol–water partition coefficient (Wildman–Crippen LogP) is 2.96. The molecule has 7 nitrogen and oxygen atoms in total. The van der Waals surface area contributed by atoms with E-state index in [1.165, 1.54) is 0 Å². The number of aryl methyl sites for hydroxylation is 3. The number of hydrogen-bond donors (Lipinski definition) is 1. The first-order chi connectivity index (χ1) is 13.2. The molecule has 0 spiro atoms. The second kappa shape index (κ2) is 7.63. The number of hydrogen-bond acceptors (Lipinski definition) is 4. The zero-order valence-electron chi connectivity index (χ0n) is 16.4. The number of nitrogens with zero attached hydrogens (tertiary/aromatic N) is 3. The number of anilines is 1. The van der Waals surface area contributed by atoms with Gasteiger partial charge in [0.2, 0.25) is 15.9 Å². The van der Waals surface area contributed by atoms with Crippen molar-refractivity contribution in [3.8, 4) is 11.3 Å². The molecule has 148 valence electrons. The zero-order valence-corrected chi connectivity index (χ0v) is 17.2. The van der Waals surface area contributed by atoms with Crippen LogP contribution in [0.4, 0.5) is 5.69 Å². The fourth-order valence-electron chi connectivity index (χ4n) is 3.25. The van der Waals surface area contributed by atoms with E-state index in [4.69, 9.17) is 0 Å². The predicted molar refractivity (Wildman–Crippen MR) is 110 cm³/mol. The van der Waals surface area contributed by atoms with Crippen LogP contribution in [-0.4, -0.2) is 35.3 Å². The summed E-state index contributed by atoms with van der Waals surface area (Å²) in [6.07, 6.45) is 1.52. The molecule has 0 aliphatic carbocycles. The van der Waals surface area contributed by atoms with Gasteiger partial charge in [0.1, 0.15) is 5.69 Å². The summed E-state index contributed by atoms with van der Waals surface area (Å²) in [7, 11) is -2.05. The Labute approximate surface area is 165 Å². The molecule has 3 aromatic rings. The summed E-state index contributed by atoms with van der Waals surface area (Å²) in [6.45, 7) is 3.45. The van der Waals surface area contributed by atoms with Crippen molar-refractivity contribution in [2.24, 2.45) is 7.05 Å². The Bertz CT molecular complexity index is 1100. The van der Waals surface area contributed by atoms with E-state index in [1.54, 1.807) is 25.6 Å². The number of benzene rings is 1. The van der Waals surface area contributed by atoms with Gasteiger partial charge in [-0.3, -0.25) is 9.48 Å². The average Bonchev–Trinajstić information content (AvgIpc) is 3.20. The highest BCUT2D eigenvalue weighted by Gasteiger charge is 2.30. The number of nitrogens with one attached hydrogen (secondary N) is 1. The minimum atomic E-state index is -3.77. The molecule has 0 bridgehead atoms. The molecule has 0 aliphatic rings. The summed E-state index contributed by atoms with van der Waals surface area (Å²) in [4.78, 5) is 16.1. The third kappa shape index (κ3) is 4.01. The average molecular weight is 401 g/mol. The van der Waals surface area contributed by atoms with Gasteiger partial charge in [0.05, 0.1) is 17.6 Å². The number of carbonyl (C=O) groups excluding carboxylic acids is 1. The molecule has 0 radical (unpaired) electrons. The monoisotopic (exact) mass is 400 g/mol. The lowest BCUT2D eigenvalue weighted by molar-refractivity contribution is -0.117. The van der Waals surface area contributed by atoms with Crippen LogP contribution in [0.1, 0.15) is 23.5 Å². The molecule has 1 aromatic carbocycles. The minimum absolute atomic E-state index is 0.0651. The Balaban J connectivity index is 1.80. The smallest absolute Gasteiger partial charge is 0.241 e. The second-order valence-corrected chi connectivity index (χ2v) is 8.66. The molecule has 0 fully saturated rings. The first kappa shape index (κ1) is 19.9. The van der Waals surface area contributed by atoms with Crippen LogP contribution >= 0.6 is 0 Å². The van der Waals surface area contributed by atoms with Gasteiger partial charge in [-0.1, -0.05) is 30.3 Å². The van der Waals surface area contributed by atoms with Crippen LogP contribution in [0.5, 0.6) is 0 Å². The maximum atomic E-state index is 12.8. The Morgan fingerprint density at radius 1 is 1.14 bits per heavy atom. The van der Waals surface area contributed by atoms with Crippen molar-refractivity contribution in [2.45, 2.75) is 26.7 Å². The van der Waals surface area contributed by atoms with Gasteiger partial charge < -0.3 is 4.98 Å². The molecular formula is C20H24N4O3S. The van der Waals surface area contributed by atoms with E-state index in [-0.39, 0.29) is 6.42 Å². The van der Waals surface area contributed by atoms with Crippen molar-refractivity contribution in [1.82, 2.24) is 14.8 Å². The first-order valence-corrected chi connectivity index (χ1v) is 10.8. The van der Waals surface area contributed by atoms with E-state index in [0.29, 0.717) is 23.5 Å². The number of H-pyrrole nitrogens is 1. The molecule has 2 aromatic heterocycles. The number of rotatable bonds is 6. The van der Waals surface area contributed by atoms with Gasteiger partial charge in [-0.15, -0.1) is 0 Å². The van der Waals surface area contributed by atoms with Gasteiger partial charge in [0.15, 0.2) is 0 Å². The van der Waals surface area contributed by atoms with Gasteiger partial charge in [-0.05, 0) is 38.0 Å².